The van der Waals surface area contributed by atoms with Gasteiger partial charge >= 0.3 is 5.97 Å². The van der Waals surface area contributed by atoms with Gasteiger partial charge in [-0.25, -0.2) is 0 Å². The molecule has 2 aliphatic rings. The highest BCUT2D eigenvalue weighted by atomic mass is 16.5. The Kier molecular flexibility index (Phi) is 9.90. The predicted octanol–water partition coefficient (Wildman–Crippen LogP) is 2.12. The van der Waals surface area contributed by atoms with E-state index in [4.69, 9.17) is 9.47 Å². The molecular weight excluding hydrogens is 470 g/mol. The number of para-hydroxylation sites is 1. The second-order valence-corrected chi connectivity index (χ2v) is 9.81. The molecule has 2 aromatic carbocycles. The summed E-state index contributed by atoms with van der Waals surface area (Å²) in [6.45, 7) is 8.32. The Morgan fingerprint density at radius 2 is 1.41 bits per heavy atom. The Morgan fingerprint density at radius 1 is 0.784 bits per heavy atom. The van der Waals surface area contributed by atoms with Gasteiger partial charge in [0.05, 0.1) is 25.3 Å². The largest absolute Gasteiger partial charge is 0.493 e. The number of carbonyl (C=O) groups is 2. The fourth-order valence-electron chi connectivity index (χ4n) is 4.46. The fraction of sp³-hybridized carbons (Fsp3) is 0.500. The van der Waals surface area contributed by atoms with Crippen molar-refractivity contribution in [1.82, 2.24) is 19.6 Å². The third kappa shape index (κ3) is 8.26. The molecule has 2 heterocycles. The number of amides is 1. The summed E-state index contributed by atoms with van der Waals surface area (Å²) in [4.78, 5) is 36.3. The standard InChI is InChI=1S/C28H39N5O4/c1-29-12-16-31(17-13-29)22-27(34)33(24-7-4-3-5-8-24)25-9-6-10-26(21-25)36-20-11-28(35)37-23-32-18-14-30(2)15-19-32/h3-10,21H,11-20,22-23H2,1-2H3. The zero-order chi connectivity index (χ0) is 26.0. The number of anilines is 2. The quantitative estimate of drug-likeness (QED) is 0.451. The van der Waals surface area contributed by atoms with Gasteiger partial charge in [0.1, 0.15) is 12.5 Å². The SMILES string of the molecule is CN1CCN(COC(=O)CCOc2cccc(N(C(=O)CN3CCN(C)CC3)c3ccccc3)c2)CC1. The summed E-state index contributed by atoms with van der Waals surface area (Å²) in [5, 5.41) is 0. The number of carbonyl (C=O) groups excluding carboxylic acids is 2. The molecule has 37 heavy (non-hydrogen) atoms. The van der Waals surface area contributed by atoms with Gasteiger partial charge in [-0.3, -0.25) is 24.3 Å². The molecule has 0 aliphatic carbocycles. The molecule has 9 heteroatoms. The zero-order valence-electron chi connectivity index (χ0n) is 22.1. The van der Waals surface area contributed by atoms with Crippen molar-refractivity contribution in [3.05, 3.63) is 54.6 Å². The third-order valence-corrected chi connectivity index (χ3v) is 6.87. The van der Waals surface area contributed by atoms with Crippen LogP contribution in [-0.2, 0) is 14.3 Å². The molecule has 0 radical (unpaired) electrons. The Balaban J connectivity index is 1.33. The van der Waals surface area contributed by atoms with Crippen molar-refractivity contribution in [3.63, 3.8) is 0 Å². The highest BCUT2D eigenvalue weighted by Gasteiger charge is 2.23. The molecule has 0 atom stereocenters. The molecule has 0 spiro atoms. The summed E-state index contributed by atoms with van der Waals surface area (Å²) in [5.41, 5.74) is 1.55. The predicted molar refractivity (Wildman–Crippen MR) is 144 cm³/mol. The Labute approximate surface area is 220 Å². The monoisotopic (exact) mass is 509 g/mol. The minimum Gasteiger partial charge on any atom is -0.493 e. The normalized spacial score (nSPS) is 17.9. The van der Waals surface area contributed by atoms with E-state index >= 15 is 0 Å². The number of esters is 1. The molecular formula is C28H39N5O4. The molecule has 0 unspecified atom stereocenters. The number of hydrogen-bond acceptors (Lipinski definition) is 8. The van der Waals surface area contributed by atoms with E-state index < -0.39 is 0 Å². The molecule has 2 aliphatic heterocycles. The second kappa shape index (κ2) is 13.5. The van der Waals surface area contributed by atoms with Crippen LogP contribution in [0.5, 0.6) is 5.75 Å². The third-order valence-electron chi connectivity index (χ3n) is 6.87. The topological polar surface area (TPSA) is 68.8 Å². The minimum atomic E-state index is -0.275. The molecule has 0 N–H and O–H groups in total. The maximum absolute atomic E-state index is 13.5. The number of benzene rings is 2. The van der Waals surface area contributed by atoms with E-state index in [1.54, 1.807) is 4.90 Å². The van der Waals surface area contributed by atoms with Crippen LogP contribution < -0.4 is 9.64 Å². The van der Waals surface area contributed by atoms with Gasteiger partial charge in [0.25, 0.3) is 0 Å². The average molecular weight is 510 g/mol. The van der Waals surface area contributed by atoms with E-state index in [1.165, 1.54) is 0 Å². The van der Waals surface area contributed by atoms with Crippen molar-refractivity contribution in [2.24, 2.45) is 0 Å². The number of likely N-dealkylation sites (N-methyl/N-ethyl adjacent to an activating group) is 2. The highest BCUT2D eigenvalue weighted by molar-refractivity contribution is 6.01. The van der Waals surface area contributed by atoms with E-state index in [1.807, 2.05) is 54.6 Å². The summed E-state index contributed by atoms with van der Waals surface area (Å²) in [6, 6.07) is 17.1. The molecule has 0 saturated carbocycles. The molecule has 9 nitrogen and oxygen atoms in total. The van der Waals surface area contributed by atoms with Crippen LogP contribution in [0, 0.1) is 0 Å². The van der Waals surface area contributed by atoms with Gasteiger partial charge in [-0.05, 0) is 38.4 Å². The Hall–Kier alpha value is -2.98. The lowest BCUT2D eigenvalue weighted by Crippen LogP contribution is -2.48. The summed E-state index contributed by atoms with van der Waals surface area (Å²) >= 11 is 0. The minimum absolute atomic E-state index is 0.0142. The van der Waals surface area contributed by atoms with Crippen LogP contribution in [0.1, 0.15) is 6.42 Å². The summed E-state index contributed by atoms with van der Waals surface area (Å²) in [5.74, 6) is 0.349. The Bertz CT molecular complexity index is 1000. The average Bonchev–Trinajstić information content (AvgIpc) is 2.91. The van der Waals surface area contributed by atoms with Crippen LogP contribution in [-0.4, -0.2) is 118 Å². The van der Waals surface area contributed by atoms with E-state index in [0.717, 1.165) is 63.7 Å². The molecule has 2 saturated heterocycles. The van der Waals surface area contributed by atoms with Gasteiger partial charge in [0, 0.05) is 64.1 Å². The molecule has 200 valence electrons. The van der Waals surface area contributed by atoms with Gasteiger partial charge in [0.2, 0.25) is 5.91 Å². The summed E-state index contributed by atoms with van der Waals surface area (Å²) < 4.78 is 11.3. The van der Waals surface area contributed by atoms with E-state index in [-0.39, 0.29) is 24.9 Å². The van der Waals surface area contributed by atoms with Crippen LogP contribution >= 0.6 is 0 Å². The van der Waals surface area contributed by atoms with Gasteiger partial charge in [0.15, 0.2) is 0 Å². The smallest absolute Gasteiger partial charge is 0.310 e. The maximum Gasteiger partial charge on any atom is 0.310 e. The molecule has 4 rings (SSSR count). The van der Waals surface area contributed by atoms with Gasteiger partial charge in [-0.2, -0.15) is 0 Å². The first kappa shape index (κ1) is 27.1. The number of piperazine rings is 2. The van der Waals surface area contributed by atoms with Crippen LogP contribution in [0.3, 0.4) is 0 Å². The number of ether oxygens (including phenoxy) is 2. The van der Waals surface area contributed by atoms with E-state index in [0.29, 0.717) is 19.0 Å². The van der Waals surface area contributed by atoms with Gasteiger partial charge < -0.3 is 19.3 Å². The summed E-state index contributed by atoms with van der Waals surface area (Å²) in [7, 11) is 4.20. The van der Waals surface area contributed by atoms with E-state index in [9.17, 15) is 9.59 Å². The molecule has 0 aromatic heterocycles. The molecule has 0 bridgehead atoms. The lowest BCUT2D eigenvalue weighted by Gasteiger charge is -2.33. The second-order valence-electron chi connectivity index (χ2n) is 9.81. The number of hydrogen-bond donors (Lipinski definition) is 0. The first-order valence-corrected chi connectivity index (χ1v) is 13.1. The molecule has 1 amide bonds. The first-order chi connectivity index (χ1) is 18.0. The number of rotatable bonds is 10. The van der Waals surface area contributed by atoms with Crippen LogP contribution in [0.15, 0.2) is 54.6 Å². The van der Waals surface area contributed by atoms with Gasteiger partial charge in [-0.1, -0.05) is 24.3 Å². The van der Waals surface area contributed by atoms with Crippen molar-refractivity contribution < 1.29 is 19.1 Å². The van der Waals surface area contributed by atoms with Crippen molar-refractivity contribution in [2.75, 3.05) is 91.2 Å². The first-order valence-electron chi connectivity index (χ1n) is 13.1. The van der Waals surface area contributed by atoms with Gasteiger partial charge in [-0.15, -0.1) is 0 Å². The maximum atomic E-state index is 13.5. The Morgan fingerprint density at radius 3 is 2.08 bits per heavy atom. The highest BCUT2D eigenvalue weighted by Crippen LogP contribution is 2.29. The van der Waals surface area contributed by atoms with Crippen LogP contribution in [0.25, 0.3) is 0 Å². The van der Waals surface area contributed by atoms with Crippen LogP contribution in [0.4, 0.5) is 11.4 Å². The zero-order valence-corrected chi connectivity index (χ0v) is 22.1. The van der Waals surface area contributed by atoms with Crippen LogP contribution in [0.2, 0.25) is 0 Å². The summed E-state index contributed by atoms with van der Waals surface area (Å²) in [6.07, 6.45) is 0.169. The van der Waals surface area contributed by atoms with Crippen molar-refractivity contribution in [3.8, 4) is 5.75 Å². The van der Waals surface area contributed by atoms with Crippen molar-refractivity contribution >= 4 is 23.3 Å². The lowest BCUT2D eigenvalue weighted by molar-refractivity contribution is -0.149. The fourth-order valence-corrected chi connectivity index (χ4v) is 4.46. The van der Waals surface area contributed by atoms with Crippen molar-refractivity contribution in [1.29, 1.82) is 0 Å². The molecule has 2 aromatic rings. The lowest BCUT2D eigenvalue weighted by atomic mass is 10.2. The molecule has 2 fully saturated rings. The number of nitrogens with zero attached hydrogens (tertiary/aromatic N) is 5. The van der Waals surface area contributed by atoms with Crippen molar-refractivity contribution in [2.45, 2.75) is 6.42 Å². The van der Waals surface area contributed by atoms with E-state index in [2.05, 4.69) is 33.7 Å².